The Hall–Kier alpha value is -2.21. The molecule has 2 aliphatic rings. The van der Waals surface area contributed by atoms with Crippen LogP contribution in [-0.2, 0) is 0 Å². The van der Waals surface area contributed by atoms with Crippen LogP contribution >= 0.6 is 0 Å². The van der Waals surface area contributed by atoms with Crippen LogP contribution in [0.15, 0.2) is 30.3 Å². The molecule has 24 heavy (non-hydrogen) atoms. The number of nitrogens with zero attached hydrogens (tertiary/aromatic N) is 3. The van der Waals surface area contributed by atoms with Gasteiger partial charge >= 0.3 is 0 Å². The van der Waals surface area contributed by atoms with Gasteiger partial charge in [0.15, 0.2) is 0 Å². The van der Waals surface area contributed by atoms with Crippen LogP contribution in [0.1, 0.15) is 60.9 Å². The molecule has 0 radical (unpaired) electrons. The lowest BCUT2D eigenvalue weighted by Crippen LogP contribution is -2.45. The molecule has 2 atom stereocenters. The first-order valence-corrected chi connectivity index (χ1v) is 8.73. The van der Waals surface area contributed by atoms with Crippen molar-refractivity contribution >= 4 is 5.91 Å². The zero-order chi connectivity index (χ0) is 16.5. The number of benzene rings is 1. The summed E-state index contributed by atoms with van der Waals surface area (Å²) in [7, 11) is 0. The van der Waals surface area contributed by atoms with Crippen molar-refractivity contribution < 1.29 is 9.90 Å². The molecule has 2 unspecified atom stereocenters. The fourth-order valence-corrected chi connectivity index (χ4v) is 3.30. The maximum Gasteiger partial charge on any atom is 0.291 e. The van der Waals surface area contributed by atoms with Gasteiger partial charge in [-0.3, -0.25) is 4.79 Å². The van der Waals surface area contributed by atoms with Gasteiger partial charge in [0.05, 0.1) is 17.8 Å². The van der Waals surface area contributed by atoms with Gasteiger partial charge in [-0.25, -0.2) is 9.67 Å². The van der Waals surface area contributed by atoms with Gasteiger partial charge in [-0.2, -0.15) is 0 Å². The highest BCUT2D eigenvalue weighted by Crippen LogP contribution is 2.39. The van der Waals surface area contributed by atoms with Crippen molar-refractivity contribution in [3.8, 4) is 5.69 Å². The van der Waals surface area contributed by atoms with E-state index in [1.54, 1.807) is 4.68 Å². The topological polar surface area (TPSA) is 80.0 Å². The normalized spacial score (nSPS) is 23.9. The number of carbonyl (C=O) groups excluding carboxylic acids is 1. The van der Waals surface area contributed by atoms with Crippen molar-refractivity contribution in [2.75, 3.05) is 0 Å². The Kier molecular flexibility index (Phi) is 4.06. The van der Waals surface area contributed by atoms with Gasteiger partial charge in [-0.1, -0.05) is 31.0 Å². The number of hydrogen-bond acceptors (Lipinski definition) is 4. The average Bonchev–Trinajstić information content (AvgIpc) is 3.36. The molecule has 2 aromatic rings. The van der Waals surface area contributed by atoms with Crippen LogP contribution in [0.2, 0.25) is 0 Å². The zero-order valence-electron chi connectivity index (χ0n) is 13.6. The molecule has 1 aromatic carbocycles. The fraction of sp³-hybridized carbons (Fsp3) is 0.500. The number of amides is 1. The molecule has 2 N–H and O–H groups in total. The molecule has 0 saturated heterocycles. The summed E-state index contributed by atoms with van der Waals surface area (Å²) >= 11 is 0. The van der Waals surface area contributed by atoms with Crippen molar-refractivity contribution in [2.24, 2.45) is 0 Å². The summed E-state index contributed by atoms with van der Waals surface area (Å²) in [5.41, 5.74) is 0.920. The molecule has 1 amide bonds. The predicted molar refractivity (Wildman–Crippen MR) is 89.1 cm³/mol. The third-order valence-electron chi connectivity index (χ3n) is 4.82. The van der Waals surface area contributed by atoms with E-state index in [0.717, 1.165) is 50.0 Å². The molecule has 0 bridgehead atoms. The standard InChI is InChI=1S/C18H22N4O2/c23-15-9-5-4-8-14(15)19-18(24)16-20-17(12-10-11-12)22(21-16)13-6-2-1-3-7-13/h1-3,6-7,12,14-15,23H,4-5,8-11H2,(H,19,24). The minimum Gasteiger partial charge on any atom is -0.391 e. The van der Waals surface area contributed by atoms with Gasteiger partial charge in [0, 0.05) is 5.92 Å². The monoisotopic (exact) mass is 326 g/mol. The number of aromatic nitrogens is 3. The lowest BCUT2D eigenvalue weighted by molar-refractivity contribution is 0.0710. The number of para-hydroxylation sites is 1. The van der Waals surface area contributed by atoms with E-state index < -0.39 is 6.10 Å². The van der Waals surface area contributed by atoms with E-state index in [0.29, 0.717) is 5.92 Å². The molecule has 0 aliphatic heterocycles. The summed E-state index contributed by atoms with van der Waals surface area (Å²) in [6, 6.07) is 9.59. The molecule has 0 spiro atoms. The van der Waals surface area contributed by atoms with Gasteiger partial charge in [0.25, 0.3) is 5.91 Å². The molecule has 6 nitrogen and oxygen atoms in total. The second-order valence-corrected chi connectivity index (χ2v) is 6.75. The number of aliphatic hydroxyl groups is 1. The van der Waals surface area contributed by atoms with E-state index >= 15 is 0 Å². The van der Waals surface area contributed by atoms with Crippen LogP contribution < -0.4 is 5.32 Å². The zero-order valence-corrected chi connectivity index (χ0v) is 13.6. The molecule has 1 heterocycles. The highest BCUT2D eigenvalue weighted by Gasteiger charge is 2.32. The van der Waals surface area contributed by atoms with Crippen LogP contribution in [0.3, 0.4) is 0 Å². The minimum atomic E-state index is -0.471. The lowest BCUT2D eigenvalue weighted by Gasteiger charge is -2.27. The number of carbonyl (C=O) groups is 1. The Bertz CT molecular complexity index is 724. The Morgan fingerprint density at radius 3 is 2.58 bits per heavy atom. The Balaban J connectivity index is 1.58. The molecule has 2 aliphatic carbocycles. The Morgan fingerprint density at radius 2 is 1.88 bits per heavy atom. The van der Waals surface area contributed by atoms with Gasteiger partial charge in [-0.15, -0.1) is 5.10 Å². The summed E-state index contributed by atoms with van der Waals surface area (Å²) in [4.78, 5) is 17.0. The van der Waals surface area contributed by atoms with Gasteiger partial charge in [0.2, 0.25) is 5.82 Å². The number of aliphatic hydroxyl groups excluding tert-OH is 1. The van der Waals surface area contributed by atoms with Crippen LogP contribution in [0.25, 0.3) is 5.69 Å². The molecule has 126 valence electrons. The average molecular weight is 326 g/mol. The Morgan fingerprint density at radius 1 is 1.12 bits per heavy atom. The van der Waals surface area contributed by atoms with E-state index in [1.165, 1.54) is 0 Å². The fourth-order valence-electron chi connectivity index (χ4n) is 3.30. The Labute approximate surface area is 140 Å². The van der Waals surface area contributed by atoms with Crippen molar-refractivity contribution in [1.82, 2.24) is 20.1 Å². The van der Waals surface area contributed by atoms with Crippen molar-refractivity contribution in [3.05, 3.63) is 42.0 Å². The molecule has 4 rings (SSSR count). The van der Waals surface area contributed by atoms with E-state index in [4.69, 9.17) is 0 Å². The first-order chi connectivity index (χ1) is 11.7. The van der Waals surface area contributed by atoms with E-state index in [9.17, 15) is 9.90 Å². The molecule has 2 fully saturated rings. The van der Waals surface area contributed by atoms with Crippen LogP contribution in [-0.4, -0.2) is 37.9 Å². The number of rotatable bonds is 4. The van der Waals surface area contributed by atoms with Gasteiger partial charge in [0.1, 0.15) is 5.82 Å². The smallest absolute Gasteiger partial charge is 0.291 e. The van der Waals surface area contributed by atoms with Gasteiger partial charge < -0.3 is 10.4 Å². The highest BCUT2D eigenvalue weighted by molar-refractivity contribution is 5.90. The number of nitrogens with one attached hydrogen (secondary N) is 1. The minimum absolute atomic E-state index is 0.193. The third kappa shape index (κ3) is 3.06. The number of hydrogen-bond donors (Lipinski definition) is 2. The van der Waals surface area contributed by atoms with Crippen LogP contribution in [0.5, 0.6) is 0 Å². The first kappa shape index (κ1) is 15.3. The second-order valence-electron chi connectivity index (χ2n) is 6.75. The largest absolute Gasteiger partial charge is 0.391 e. The van der Waals surface area contributed by atoms with E-state index in [-0.39, 0.29) is 17.8 Å². The third-order valence-corrected chi connectivity index (χ3v) is 4.82. The summed E-state index contributed by atoms with van der Waals surface area (Å²) in [6.07, 6.45) is 5.30. The van der Waals surface area contributed by atoms with E-state index in [2.05, 4.69) is 15.4 Å². The second kappa shape index (κ2) is 6.36. The van der Waals surface area contributed by atoms with Crippen molar-refractivity contribution in [2.45, 2.75) is 56.6 Å². The van der Waals surface area contributed by atoms with E-state index in [1.807, 2.05) is 30.3 Å². The molecule has 2 saturated carbocycles. The summed E-state index contributed by atoms with van der Waals surface area (Å²) in [6.45, 7) is 0. The quantitative estimate of drug-likeness (QED) is 0.902. The summed E-state index contributed by atoms with van der Waals surface area (Å²) in [5, 5.41) is 17.4. The molecular formula is C18H22N4O2. The SMILES string of the molecule is O=C(NC1CCCCC1O)c1nc(C2CC2)n(-c2ccccc2)n1. The first-order valence-electron chi connectivity index (χ1n) is 8.73. The maximum absolute atomic E-state index is 12.5. The molecule has 6 heteroatoms. The lowest BCUT2D eigenvalue weighted by atomic mass is 9.92. The summed E-state index contributed by atoms with van der Waals surface area (Å²) in [5.74, 6) is 1.14. The predicted octanol–water partition coefficient (Wildman–Crippen LogP) is 2.18. The maximum atomic E-state index is 12.5. The van der Waals surface area contributed by atoms with Crippen molar-refractivity contribution in [1.29, 1.82) is 0 Å². The molecular weight excluding hydrogens is 304 g/mol. The molecule has 1 aromatic heterocycles. The van der Waals surface area contributed by atoms with Crippen LogP contribution in [0.4, 0.5) is 0 Å². The van der Waals surface area contributed by atoms with Crippen LogP contribution in [0, 0.1) is 0 Å². The van der Waals surface area contributed by atoms with Crippen molar-refractivity contribution in [3.63, 3.8) is 0 Å². The summed E-state index contributed by atoms with van der Waals surface area (Å²) < 4.78 is 1.78. The van der Waals surface area contributed by atoms with Gasteiger partial charge in [-0.05, 0) is 37.8 Å². The highest BCUT2D eigenvalue weighted by atomic mass is 16.3.